The maximum Gasteiger partial charge on any atom is 0.0540 e. The Morgan fingerprint density at radius 3 is 1.37 bits per heavy atom. The lowest BCUT2D eigenvalue weighted by atomic mass is 9.80. The van der Waals surface area contributed by atoms with Gasteiger partial charge in [-0.1, -0.05) is 213 Å². The van der Waals surface area contributed by atoms with Gasteiger partial charge < -0.3 is 4.90 Å². The summed E-state index contributed by atoms with van der Waals surface area (Å²) in [7, 11) is 0. The number of benzene rings is 9. The van der Waals surface area contributed by atoms with Gasteiger partial charge in [0.15, 0.2) is 0 Å². The van der Waals surface area contributed by atoms with Crippen LogP contribution < -0.4 is 4.90 Å². The lowest BCUT2D eigenvalue weighted by molar-refractivity contribution is 0.445. The van der Waals surface area contributed by atoms with Gasteiger partial charge in [-0.15, -0.1) is 0 Å². The van der Waals surface area contributed by atoms with Crippen LogP contribution in [0, 0.1) is 0 Å². The molecule has 0 atom stereocenters. The van der Waals surface area contributed by atoms with E-state index in [1.54, 1.807) is 0 Å². The van der Waals surface area contributed by atoms with Gasteiger partial charge in [0.25, 0.3) is 0 Å². The average molecular weight is 758 g/mol. The number of rotatable bonds is 9. The number of para-hydroxylation sites is 2. The summed E-state index contributed by atoms with van der Waals surface area (Å²) in [6, 6.07) is 80.2. The molecule has 0 aliphatic heterocycles. The van der Waals surface area contributed by atoms with E-state index in [-0.39, 0.29) is 0 Å². The SMILES string of the molecule is c1ccc(-c2ccc(N(c3ccccc3-c3ccccc3-c3ccccc3-c3ccccc3)c3ccccc3-c3cccc4cccc(C5CCCCC5)c34)cc2)cc1. The molecule has 0 radical (unpaired) electrons. The molecule has 9 aromatic carbocycles. The van der Waals surface area contributed by atoms with Gasteiger partial charge >= 0.3 is 0 Å². The van der Waals surface area contributed by atoms with E-state index >= 15 is 0 Å². The highest BCUT2D eigenvalue weighted by atomic mass is 15.1. The molecule has 1 aliphatic carbocycles. The summed E-state index contributed by atoms with van der Waals surface area (Å²) in [6.45, 7) is 0. The van der Waals surface area contributed by atoms with E-state index in [1.807, 2.05) is 0 Å². The molecule has 0 spiro atoms. The van der Waals surface area contributed by atoms with Gasteiger partial charge in [-0.25, -0.2) is 0 Å². The Labute approximate surface area is 348 Å². The van der Waals surface area contributed by atoms with Crippen molar-refractivity contribution in [3.63, 3.8) is 0 Å². The van der Waals surface area contributed by atoms with Crippen LogP contribution in [0.2, 0.25) is 0 Å². The molecule has 284 valence electrons. The van der Waals surface area contributed by atoms with E-state index < -0.39 is 0 Å². The number of hydrogen-bond donors (Lipinski definition) is 0. The van der Waals surface area contributed by atoms with E-state index in [1.165, 1.54) is 104 Å². The van der Waals surface area contributed by atoms with Crippen molar-refractivity contribution in [2.45, 2.75) is 38.0 Å². The first-order valence-corrected chi connectivity index (χ1v) is 21.2. The minimum Gasteiger partial charge on any atom is -0.309 e. The van der Waals surface area contributed by atoms with Crippen molar-refractivity contribution in [3.05, 3.63) is 224 Å². The Kier molecular flexibility index (Phi) is 10.2. The third-order valence-electron chi connectivity index (χ3n) is 12.3. The summed E-state index contributed by atoms with van der Waals surface area (Å²) >= 11 is 0. The van der Waals surface area contributed by atoms with Crippen LogP contribution in [-0.2, 0) is 0 Å². The highest BCUT2D eigenvalue weighted by Crippen LogP contribution is 2.49. The van der Waals surface area contributed by atoms with Crippen LogP contribution in [0.25, 0.3) is 66.4 Å². The molecule has 0 heterocycles. The second-order valence-electron chi connectivity index (χ2n) is 15.8. The maximum atomic E-state index is 2.50. The van der Waals surface area contributed by atoms with Crippen molar-refractivity contribution in [1.29, 1.82) is 0 Å². The molecule has 10 rings (SSSR count). The Morgan fingerprint density at radius 2 is 0.746 bits per heavy atom. The first-order valence-electron chi connectivity index (χ1n) is 21.2. The zero-order valence-electron chi connectivity index (χ0n) is 33.3. The third kappa shape index (κ3) is 7.15. The van der Waals surface area contributed by atoms with E-state index in [0.29, 0.717) is 5.92 Å². The predicted molar refractivity (Wildman–Crippen MR) is 252 cm³/mol. The average Bonchev–Trinajstić information content (AvgIpc) is 3.33. The monoisotopic (exact) mass is 757 g/mol. The summed E-state index contributed by atoms with van der Waals surface area (Å²) < 4.78 is 0. The van der Waals surface area contributed by atoms with Crippen molar-refractivity contribution in [2.75, 3.05) is 4.90 Å². The van der Waals surface area contributed by atoms with Crippen LogP contribution in [0.3, 0.4) is 0 Å². The van der Waals surface area contributed by atoms with Gasteiger partial charge in [-0.2, -0.15) is 0 Å². The zero-order chi connectivity index (χ0) is 39.4. The van der Waals surface area contributed by atoms with Gasteiger partial charge in [0.1, 0.15) is 0 Å². The van der Waals surface area contributed by atoms with E-state index in [0.717, 1.165) is 17.1 Å². The molecule has 59 heavy (non-hydrogen) atoms. The molecular formula is C58H47N. The summed E-state index contributed by atoms with van der Waals surface area (Å²) in [4.78, 5) is 2.50. The van der Waals surface area contributed by atoms with Crippen molar-refractivity contribution >= 4 is 27.8 Å². The number of hydrogen-bond acceptors (Lipinski definition) is 1. The largest absolute Gasteiger partial charge is 0.309 e. The Hall–Kier alpha value is -6.96. The Bertz CT molecular complexity index is 2840. The summed E-state index contributed by atoms with van der Waals surface area (Å²) in [6.07, 6.45) is 6.47. The fourth-order valence-corrected chi connectivity index (χ4v) is 9.52. The molecule has 0 bridgehead atoms. The van der Waals surface area contributed by atoms with Crippen molar-refractivity contribution in [1.82, 2.24) is 0 Å². The summed E-state index contributed by atoms with van der Waals surface area (Å²) in [5.41, 5.74) is 17.0. The molecule has 0 amide bonds. The fourth-order valence-electron chi connectivity index (χ4n) is 9.52. The molecule has 1 nitrogen and oxygen atoms in total. The zero-order valence-corrected chi connectivity index (χ0v) is 33.3. The molecule has 0 aromatic heterocycles. The molecule has 9 aromatic rings. The van der Waals surface area contributed by atoms with Gasteiger partial charge in [0, 0.05) is 16.8 Å². The van der Waals surface area contributed by atoms with Crippen molar-refractivity contribution in [3.8, 4) is 55.6 Å². The van der Waals surface area contributed by atoms with E-state index in [4.69, 9.17) is 0 Å². The summed E-state index contributed by atoms with van der Waals surface area (Å²) in [5, 5.41) is 2.70. The normalized spacial score (nSPS) is 13.0. The predicted octanol–water partition coefficient (Wildman–Crippen LogP) is 16.7. The van der Waals surface area contributed by atoms with Crippen LogP contribution in [0.5, 0.6) is 0 Å². The number of fused-ring (bicyclic) bond motifs is 1. The Morgan fingerprint density at radius 1 is 0.305 bits per heavy atom. The molecule has 1 aliphatic rings. The lowest BCUT2D eigenvalue weighted by Crippen LogP contribution is -2.13. The van der Waals surface area contributed by atoms with Gasteiger partial charge in [0.05, 0.1) is 11.4 Å². The highest BCUT2D eigenvalue weighted by molar-refractivity contribution is 6.05. The first kappa shape index (κ1) is 36.4. The number of nitrogens with zero attached hydrogens (tertiary/aromatic N) is 1. The Balaban J connectivity index is 1.20. The van der Waals surface area contributed by atoms with Crippen LogP contribution in [0.15, 0.2) is 218 Å². The van der Waals surface area contributed by atoms with E-state index in [2.05, 4.69) is 223 Å². The smallest absolute Gasteiger partial charge is 0.0540 e. The van der Waals surface area contributed by atoms with E-state index in [9.17, 15) is 0 Å². The minimum absolute atomic E-state index is 0.582. The van der Waals surface area contributed by atoms with Gasteiger partial charge in [0.2, 0.25) is 0 Å². The third-order valence-corrected chi connectivity index (χ3v) is 12.3. The second-order valence-corrected chi connectivity index (χ2v) is 15.8. The molecular weight excluding hydrogens is 711 g/mol. The molecule has 0 saturated heterocycles. The van der Waals surface area contributed by atoms with Crippen LogP contribution in [-0.4, -0.2) is 0 Å². The minimum atomic E-state index is 0.582. The molecule has 0 N–H and O–H groups in total. The molecule has 1 heteroatoms. The maximum absolute atomic E-state index is 2.50. The van der Waals surface area contributed by atoms with Crippen LogP contribution >= 0.6 is 0 Å². The standard InChI is InChI=1S/C58H47N/c1-4-20-42(21-5-1)43-38-40-47(41-39-43)59(57-37-17-15-33-54(57)55-35-19-27-46-26-18-34-49(58(46)55)45-24-8-3-9-25-45)56-36-16-14-32-53(56)52-31-13-12-30-51(52)50-29-11-10-28-48(50)44-22-6-2-7-23-44/h1-2,4-7,10-23,26-41,45H,3,8-9,24-25H2. The molecule has 0 unspecified atom stereocenters. The van der Waals surface area contributed by atoms with Gasteiger partial charge in [-0.3, -0.25) is 0 Å². The fraction of sp³-hybridized carbons (Fsp3) is 0.103. The van der Waals surface area contributed by atoms with Crippen LogP contribution in [0.4, 0.5) is 17.1 Å². The number of anilines is 3. The van der Waals surface area contributed by atoms with Crippen molar-refractivity contribution < 1.29 is 0 Å². The lowest BCUT2D eigenvalue weighted by Gasteiger charge is -2.31. The second kappa shape index (κ2) is 16.5. The topological polar surface area (TPSA) is 3.24 Å². The quantitative estimate of drug-likeness (QED) is 0.142. The van der Waals surface area contributed by atoms with Crippen LogP contribution in [0.1, 0.15) is 43.6 Å². The van der Waals surface area contributed by atoms with Gasteiger partial charge in [-0.05, 0) is 104 Å². The molecule has 1 fully saturated rings. The van der Waals surface area contributed by atoms with Crippen molar-refractivity contribution in [2.24, 2.45) is 0 Å². The first-order chi connectivity index (χ1) is 29.3. The highest BCUT2D eigenvalue weighted by Gasteiger charge is 2.25. The summed E-state index contributed by atoms with van der Waals surface area (Å²) in [5.74, 6) is 0.582. The molecule has 1 saturated carbocycles.